The Bertz CT molecular complexity index is 660. The zero-order valence-corrected chi connectivity index (χ0v) is 12.9. The Balaban J connectivity index is 1.89. The van der Waals surface area contributed by atoms with Crippen molar-refractivity contribution < 1.29 is 0 Å². The number of likely N-dealkylation sites (tertiary alicyclic amines) is 1. The fourth-order valence-electron chi connectivity index (χ4n) is 4.65. The van der Waals surface area contributed by atoms with Crippen LogP contribution in [0, 0.1) is 12.8 Å². The van der Waals surface area contributed by atoms with Gasteiger partial charge in [0.15, 0.2) is 0 Å². The molecule has 2 aliphatic rings. The van der Waals surface area contributed by atoms with Gasteiger partial charge in [-0.05, 0) is 61.5 Å². The van der Waals surface area contributed by atoms with Gasteiger partial charge in [0, 0.05) is 12.0 Å². The highest BCUT2D eigenvalue weighted by Gasteiger charge is 2.44. The molecule has 1 nitrogen and oxygen atoms in total. The van der Waals surface area contributed by atoms with Gasteiger partial charge in [-0.1, -0.05) is 48.5 Å². The van der Waals surface area contributed by atoms with Crippen molar-refractivity contribution in [3.8, 4) is 0 Å². The molecule has 0 amide bonds. The summed E-state index contributed by atoms with van der Waals surface area (Å²) in [6, 6.07) is 18.7. The second-order valence-corrected chi connectivity index (χ2v) is 6.69. The summed E-state index contributed by atoms with van der Waals surface area (Å²) in [4.78, 5) is 2.57. The van der Waals surface area contributed by atoms with Crippen LogP contribution in [0.25, 0.3) is 0 Å². The van der Waals surface area contributed by atoms with Crippen LogP contribution < -0.4 is 0 Å². The molecule has 1 heterocycles. The van der Waals surface area contributed by atoms with Gasteiger partial charge in [-0.15, -0.1) is 0 Å². The predicted molar refractivity (Wildman–Crippen MR) is 87.6 cm³/mol. The van der Waals surface area contributed by atoms with E-state index in [-0.39, 0.29) is 0 Å². The van der Waals surface area contributed by atoms with Crippen molar-refractivity contribution in [2.75, 3.05) is 13.6 Å². The maximum absolute atomic E-state index is 2.57. The molecule has 0 N–H and O–H groups in total. The lowest BCUT2D eigenvalue weighted by atomic mass is 9.79. The molecule has 1 aliphatic carbocycles. The van der Waals surface area contributed by atoms with Gasteiger partial charge in [0.2, 0.25) is 0 Å². The van der Waals surface area contributed by atoms with Crippen molar-refractivity contribution in [1.82, 2.24) is 4.90 Å². The molecule has 0 unspecified atom stereocenters. The molecule has 0 aromatic heterocycles. The maximum Gasteiger partial charge on any atom is 0.0385 e. The molecule has 0 bridgehead atoms. The van der Waals surface area contributed by atoms with Crippen LogP contribution in [0.3, 0.4) is 0 Å². The predicted octanol–water partition coefficient (Wildman–Crippen LogP) is 4.52. The van der Waals surface area contributed by atoms with Gasteiger partial charge in [0.1, 0.15) is 0 Å². The number of rotatable bonds is 1. The number of nitrogens with zero attached hydrogens (tertiary/aromatic N) is 1. The third-order valence-electron chi connectivity index (χ3n) is 5.53. The fourth-order valence-corrected chi connectivity index (χ4v) is 4.65. The van der Waals surface area contributed by atoms with E-state index in [4.69, 9.17) is 0 Å². The third-order valence-corrected chi connectivity index (χ3v) is 5.53. The molecule has 1 aliphatic heterocycles. The second-order valence-electron chi connectivity index (χ2n) is 6.69. The molecule has 1 heteroatoms. The third kappa shape index (κ3) is 1.95. The summed E-state index contributed by atoms with van der Waals surface area (Å²) in [5.41, 5.74) is 6.10. The van der Waals surface area contributed by atoms with E-state index in [1.807, 2.05) is 0 Å². The Morgan fingerprint density at radius 3 is 2.33 bits per heavy atom. The topological polar surface area (TPSA) is 3.24 Å². The summed E-state index contributed by atoms with van der Waals surface area (Å²) < 4.78 is 0. The smallest absolute Gasteiger partial charge is 0.0385 e. The van der Waals surface area contributed by atoms with Gasteiger partial charge < -0.3 is 0 Å². The summed E-state index contributed by atoms with van der Waals surface area (Å²) in [6.45, 7) is 3.49. The molecular weight excluding hydrogens is 254 g/mol. The Hall–Kier alpha value is -1.60. The highest BCUT2D eigenvalue weighted by molar-refractivity contribution is 5.48. The van der Waals surface area contributed by atoms with Gasteiger partial charge >= 0.3 is 0 Å². The average Bonchev–Trinajstić information content (AvgIpc) is 2.83. The van der Waals surface area contributed by atoms with Crippen molar-refractivity contribution in [3.63, 3.8) is 0 Å². The number of fused-ring (bicyclic) bond motifs is 3. The van der Waals surface area contributed by atoms with E-state index in [0.29, 0.717) is 12.0 Å². The van der Waals surface area contributed by atoms with Crippen molar-refractivity contribution in [2.24, 2.45) is 5.92 Å². The van der Waals surface area contributed by atoms with Crippen molar-refractivity contribution >= 4 is 0 Å². The Kier molecular flexibility index (Phi) is 3.11. The van der Waals surface area contributed by atoms with Crippen LogP contribution in [0.1, 0.15) is 47.1 Å². The molecule has 0 spiro atoms. The lowest BCUT2D eigenvalue weighted by molar-refractivity contribution is 0.127. The van der Waals surface area contributed by atoms with Gasteiger partial charge in [-0.25, -0.2) is 0 Å². The lowest BCUT2D eigenvalue weighted by Crippen LogP contribution is -2.34. The molecule has 0 radical (unpaired) electrons. The van der Waals surface area contributed by atoms with Crippen LogP contribution in [-0.2, 0) is 0 Å². The van der Waals surface area contributed by atoms with Crippen molar-refractivity contribution in [3.05, 3.63) is 70.8 Å². The van der Waals surface area contributed by atoms with Gasteiger partial charge in [0.05, 0.1) is 0 Å². The summed E-state index contributed by atoms with van der Waals surface area (Å²) in [5.74, 6) is 1.32. The highest BCUT2D eigenvalue weighted by Crippen LogP contribution is 2.54. The molecular formula is C20H23N. The molecule has 1 saturated heterocycles. The monoisotopic (exact) mass is 277 g/mol. The highest BCUT2D eigenvalue weighted by atomic mass is 15.1. The van der Waals surface area contributed by atoms with E-state index < -0.39 is 0 Å². The van der Waals surface area contributed by atoms with Crippen LogP contribution in [0.5, 0.6) is 0 Å². The standard InChI is InChI=1S/C20H23N/c1-14-8-3-4-9-15(14)19-16-10-5-6-11-17(16)20-18(19)12-7-13-21(20)2/h3-6,8-11,18-20H,7,12-13H2,1-2H3/t18-,19-,20+/m0/s1. The summed E-state index contributed by atoms with van der Waals surface area (Å²) >= 11 is 0. The van der Waals surface area contributed by atoms with Gasteiger partial charge in [-0.2, -0.15) is 0 Å². The van der Waals surface area contributed by atoms with E-state index >= 15 is 0 Å². The maximum atomic E-state index is 2.57. The van der Waals surface area contributed by atoms with E-state index in [1.165, 1.54) is 30.5 Å². The second kappa shape index (κ2) is 4.99. The molecule has 1 fully saturated rings. The van der Waals surface area contributed by atoms with E-state index in [0.717, 1.165) is 5.92 Å². The largest absolute Gasteiger partial charge is 0.299 e. The molecule has 3 atom stereocenters. The summed E-state index contributed by atoms with van der Waals surface area (Å²) in [6.07, 6.45) is 2.68. The van der Waals surface area contributed by atoms with Gasteiger partial charge in [0.25, 0.3) is 0 Å². The van der Waals surface area contributed by atoms with Crippen LogP contribution in [0.2, 0.25) is 0 Å². The van der Waals surface area contributed by atoms with E-state index in [9.17, 15) is 0 Å². The molecule has 2 aromatic rings. The first kappa shape index (κ1) is 13.1. The summed E-state index contributed by atoms with van der Waals surface area (Å²) in [7, 11) is 2.30. The van der Waals surface area contributed by atoms with Crippen LogP contribution >= 0.6 is 0 Å². The molecule has 4 rings (SSSR count). The quantitative estimate of drug-likeness (QED) is 0.740. The minimum Gasteiger partial charge on any atom is -0.299 e. The number of piperidine rings is 1. The number of benzene rings is 2. The zero-order chi connectivity index (χ0) is 14.4. The van der Waals surface area contributed by atoms with Crippen LogP contribution in [0.15, 0.2) is 48.5 Å². The van der Waals surface area contributed by atoms with Crippen molar-refractivity contribution in [2.45, 2.75) is 31.7 Å². The number of aryl methyl sites for hydroxylation is 1. The average molecular weight is 277 g/mol. The Morgan fingerprint density at radius 2 is 1.57 bits per heavy atom. The minimum absolute atomic E-state index is 0.579. The first-order valence-corrected chi connectivity index (χ1v) is 8.12. The number of hydrogen-bond donors (Lipinski definition) is 0. The Morgan fingerprint density at radius 1 is 0.905 bits per heavy atom. The first-order chi connectivity index (χ1) is 10.3. The van der Waals surface area contributed by atoms with E-state index in [2.05, 4.69) is 67.4 Å². The molecule has 2 aromatic carbocycles. The summed E-state index contributed by atoms with van der Waals surface area (Å²) in [5, 5.41) is 0. The zero-order valence-electron chi connectivity index (χ0n) is 12.9. The molecule has 21 heavy (non-hydrogen) atoms. The minimum atomic E-state index is 0.579. The van der Waals surface area contributed by atoms with Gasteiger partial charge in [-0.3, -0.25) is 4.90 Å². The first-order valence-electron chi connectivity index (χ1n) is 8.12. The SMILES string of the molecule is Cc1ccccc1[C@H]1c2ccccc2[C@@H]2[C@H]1CCCN2C. The molecule has 0 saturated carbocycles. The van der Waals surface area contributed by atoms with Crippen LogP contribution in [0.4, 0.5) is 0 Å². The molecule has 108 valence electrons. The fraction of sp³-hybridized carbons (Fsp3) is 0.400. The Labute approximate surface area is 127 Å². The normalized spacial score (nSPS) is 28.2. The van der Waals surface area contributed by atoms with Crippen molar-refractivity contribution in [1.29, 1.82) is 0 Å². The lowest BCUT2D eigenvalue weighted by Gasteiger charge is -2.37. The van der Waals surface area contributed by atoms with Crippen LogP contribution in [-0.4, -0.2) is 18.5 Å². The number of hydrogen-bond acceptors (Lipinski definition) is 1. The van der Waals surface area contributed by atoms with E-state index in [1.54, 1.807) is 11.1 Å².